The molecule has 0 radical (unpaired) electrons. The molecular formula is C12H15N3O4. The number of oxazole rings is 1. The second-order valence-electron chi connectivity index (χ2n) is 4.48. The molecule has 1 saturated heterocycles. The fourth-order valence-corrected chi connectivity index (χ4v) is 2.08. The highest BCUT2D eigenvalue weighted by Gasteiger charge is 2.18. The van der Waals surface area contributed by atoms with E-state index in [1.54, 1.807) is 17.1 Å². The number of aromatic nitrogens is 3. The predicted molar refractivity (Wildman–Crippen MR) is 63.7 cm³/mol. The summed E-state index contributed by atoms with van der Waals surface area (Å²) >= 11 is 0. The molecule has 1 fully saturated rings. The molecular weight excluding hydrogens is 250 g/mol. The maximum atomic E-state index is 8.99. The molecule has 2 aromatic heterocycles. The predicted octanol–water partition coefficient (Wildman–Crippen LogP) is 1.22. The minimum Gasteiger partial charge on any atom is -0.444 e. The minimum absolute atomic E-state index is 0.0413. The van der Waals surface area contributed by atoms with Crippen molar-refractivity contribution in [1.29, 1.82) is 0 Å². The lowest BCUT2D eigenvalue weighted by atomic mass is 10.2. The largest absolute Gasteiger partial charge is 0.444 e. The van der Waals surface area contributed by atoms with Gasteiger partial charge < -0.3 is 19.4 Å². The molecule has 0 spiro atoms. The molecule has 0 amide bonds. The van der Waals surface area contributed by atoms with Gasteiger partial charge in [0.25, 0.3) is 0 Å². The lowest BCUT2D eigenvalue weighted by Gasteiger charge is -2.22. The highest BCUT2D eigenvalue weighted by molar-refractivity contribution is 5.50. The molecule has 7 heteroatoms. The topological polar surface area (TPSA) is 93.5 Å². The van der Waals surface area contributed by atoms with Gasteiger partial charge in [0.15, 0.2) is 6.29 Å². The second kappa shape index (κ2) is 5.12. The molecule has 1 aliphatic rings. The van der Waals surface area contributed by atoms with Crippen LogP contribution in [0.15, 0.2) is 23.1 Å². The summed E-state index contributed by atoms with van der Waals surface area (Å²) in [5, 5.41) is 22.2. The van der Waals surface area contributed by atoms with Gasteiger partial charge in [0, 0.05) is 12.8 Å². The Hall–Kier alpha value is -1.70. The van der Waals surface area contributed by atoms with E-state index in [1.165, 1.54) is 6.26 Å². The third-order valence-corrected chi connectivity index (χ3v) is 3.09. The van der Waals surface area contributed by atoms with Crippen molar-refractivity contribution in [2.75, 3.05) is 6.61 Å². The van der Waals surface area contributed by atoms with Crippen molar-refractivity contribution in [1.82, 2.24) is 14.8 Å². The summed E-state index contributed by atoms with van der Waals surface area (Å²) in [6, 6.07) is 0. The average Bonchev–Trinajstić information content (AvgIpc) is 3.09. The number of ether oxygens (including phenoxy) is 1. The van der Waals surface area contributed by atoms with E-state index in [4.69, 9.17) is 19.4 Å². The van der Waals surface area contributed by atoms with Gasteiger partial charge in [0.05, 0.1) is 11.8 Å². The highest BCUT2D eigenvalue weighted by atomic mass is 16.5. The maximum Gasteiger partial charge on any atom is 0.229 e. The summed E-state index contributed by atoms with van der Waals surface area (Å²) in [5.41, 5.74) is 0.762. The standard InChI is InChI=1S/C12H15N3O4/c16-12(17)9-7-19-11(14-9)8-5-13-15(6-8)10-3-1-2-4-18-10/h5-7,10,12,16-17H,1-4H2. The van der Waals surface area contributed by atoms with Crippen LogP contribution in [0.2, 0.25) is 0 Å². The van der Waals surface area contributed by atoms with Crippen molar-refractivity contribution < 1.29 is 19.4 Å². The monoisotopic (exact) mass is 265 g/mol. The van der Waals surface area contributed by atoms with Gasteiger partial charge in [-0.3, -0.25) is 0 Å². The Kier molecular flexibility index (Phi) is 3.33. The first kappa shape index (κ1) is 12.3. The van der Waals surface area contributed by atoms with Crippen molar-refractivity contribution >= 4 is 0 Å². The van der Waals surface area contributed by atoms with E-state index in [2.05, 4.69) is 10.1 Å². The van der Waals surface area contributed by atoms with Crippen LogP contribution in [-0.2, 0) is 4.74 Å². The molecule has 102 valence electrons. The maximum absolute atomic E-state index is 8.99. The third-order valence-electron chi connectivity index (χ3n) is 3.09. The molecule has 19 heavy (non-hydrogen) atoms. The Labute approximate surface area is 109 Å². The summed E-state index contributed by atoms with van der Waals surface area (Å²) in [7, 11) is 0. The minimum atomic E-state index is -1.63. The third kappa shape index (κ3) is 2.53. The fraction of sp³-hybridized carbons (Fsp3) is 0.500. The number of nitrogens with zero attached hydrogens (tertiary/aromatic N) is 3. The zero-order valence-corrected chi connectivity index (χ0v) is 10.3. The lowest BCUT2D eigenvalue weighted by molar-refractivity contribution is -0.0458. The first-order valence-corrected chi connectivity index (χ1v) is 6.22. The van der Waals surface area contributed by atoms with Crippen LogP contribution in [0.25, 0.3) is 11.5 Å². The SMILES string of the molecule is OC(O)c1coc(-c2cnn(C3CCCCO3)c2)n1. The van der Waals surface area contributed by atoms with Crippen LogP contribution in [-0.4, -0.2) is 31.6 Å². The number of rotatable bonds is 3. The zero-order chi connectivity index (χ0) is 13.2. The van der Waals surface area contributed by atoms with Crippen LogP contribution < -0.4 is 0 Å². The molecule has 2 N–H and O–H groups in total. The Morgan fingerprint density at radius 1 is 1.37 bits per heavy atom. The van der Waals surface area contributed by atoms with Gasteiger partial charge in [0.1, 0.15) is 18.2 Å². The summed E-state index contributed by atoms with van der Waals surface area (Å²) in [4.78, 5) is 3.98. The smallest absolute Gasteiger partial charge is 0.229 e. The molecule has 0 aromatic carbocycles. The van der Waals surface area contributed by atoms with Crippen molar-refractivity contribution in [3.05, 3.63) is 24.4 Å². The molecule has 1 aliphatic heterocycles. The lowest BCUT2D eigenvalue weighted by Crippen LogP contribution is -2.18. The molecule has 2 aromatic rings. The fourth-order valence-electron chi connectivity index (χ4n) is 2.08. The number of aliphatic hydroxyl groups excluding tert-OH is 1. The number of aliphatic hydroxyl groups is 2. The first-order chi connectivity index (χ1) is 9.24. The number of hydrogen-bond acceptors (Lipinski definition) is 6. The normalized spacial score (nSPS) is 20.1. The molecule has 3 heterocycles. The highest BCUT2D eigenvalue weighted by Crippen LogP contribution is 2.25. The van der Waals surface area contributed by atoms with E-state index < -0.39 is 6.29 Å². The van der Waals surface area contributed by atoms with Crippen LogP contribution >= 0.6 is 0 Å². The summed E-state index contributed by atoms with van der Waals surface area (Å²) in [6.07, 6.45) is 6.10. The van der Waals surface area contributed by atoms with Crippen molar-refractivity contribution in [3.63, 3.8) is 0 Å². The van der Waals surface area contributed by atoms with E-state index >= 15 is 0 Å². The Balaban J connectivity index is 1.79. The van der Waals surface area contributed by atoms with Gasteiger partial charge in [-0.05, 0) is 19.3 Å². The van der Waals surface area contributed by atoms with E-state index in [0.29, 0.717) is 11.5 Å². The summed E-state index contributed by atoms with van der Waals surface area (Å²) < 4.78 is 12.6. The van der Waals surface area contributed by atoms with Crippen LogP contribution in [0.4, 0.5) is 0 Å². The molecule has 1 atom stereocenters. The van der Waals surface area contributed by atoms with Crippen molar-refractivity contribution in [2.24, 2.45) is 0 Å². The van der Waals surface area contributed by atoms with Crippen LogP contribution in [0, 0.1) is 0 Å². The molecule has 7 nitrogen and oxygen atoms in total. The van der Waals surface area contributed by atoms with Gasteiger partial charge in [-0.2, -0.15) is 5.10 Å². The van der Waals surface area contributed by atoms with E-state index in [9.17, 15) is 0 Å². The van der Waals surface area contributed by atoms with Gasteiger partial charge >= 0.3 is 0 Å². The van der Waals surface area contributed by atoms with Gasteiger partial charge in [0.2, 0.25) is 5.89 Å². The van der Waals surface area contributed by atoms with Gasteiger partial charge in [-0.25, -0.2) is 9.67 Å². The molecule has 0 bridgehead atoms. The quantitative estimate of drug-likeness (QED) is 0.810. The van der Waals surface area contributed by atoms with Crippen molar-refractivity contribution in [2.45, 2.75) is 31.8 Å². The van der Waals surface area contributed by atoms with E-state index in [1.807, 2.05) is 0 Å². The van der Waals surface area contributed by atoms with E-state index in [-0.39, 0.29) is 11.9 Å². The molecule has 1 unspecified atom stereocenters. The van der Waals surface area contributed by atoms with Crippen LogP contribution in [0.1, 0.15) is 37.5 Å². The van der Waals surface area contributed by atoms with Gasteiger partial charge in [-0.1, -0.05) is 0 Å². The molecule has 0 saturated carbocycles. The average molecular weight is 265 g/mol. The number of hydrogen-bond donors (Lipinski definition) is 2. The Morgan fingerprint density at radius 3 is 2.95 bits per heavy atom. The molecule has 3 rings (SSSR count). The summed E-state index contributed by atoms with van der Waals surface area (Å²) in [6.45, 7) is 0.750. The zero-order valence-electron chi connectivity index (χ0n) is 10.3. The molecule has 0 aliphatic carbocycles. The first-order valence-electron chi connectivity index (χ1n) is 6.22. The second-order valence-corrected chi connectivity index (χ2v) is 4.48. The van der Waals surface area contributed by atoms with Gasteiger partial charge in [-0.15, -0.1) is 0 Å². The van der Waals surface area contributed by atoms with E-state index in [0.717, 1.165) is 25.9 Å². The summed E-state index contributed by atoms with van der Waals surface area (Å²) in [5.74, 6) is 0.310. The van der Waals surface area contributed by atoms with Crippen LogP contribution in [0.3, 0.4) is 0 Å². The van der Waals surface area contributed by atoms with Crippen molar-refractivity contribution in [3.8, 4) is 11.5 Å². The Morgan fingerprint density at radius 2 is 2.26 bits per heavy atom. The Bertz CT molecular complexity index is 543. The van der Waals surface area contributed by atoms with Crippen LogP contribution in [0.5, 0.6) is 0 Å².